The third kappa shape index (κ3) is 7.89. The number of rotatable bonds is 10. The third-order valence-corrected chi connectivity index (χ3v) is 9.60. The molecular weight excluding hydrogens is 558 g/mol. The van der Waals surface area contributed by atoms with Gasteiger partial charge in [-0.15, -0.1) is 0 Å². The van der Waals surface area contributed by atoms with E-state index in [1.807, 2.05) is 19.9 Å². The van der Waals surface area contributed by atoms with Crippen LogP contribution in [0.4, 0.5) is 5.69 Å². The van der Waals surface area contributed by atoms with Gasteiger partial charge in [0.25, 0.3) is 10.0 Å². The van der Waals surface area contributed by atoms with Crippen LogP contribution in [0.3, 0.4) is 0 Å². The van der Waals surface area contributed by atoms with E-state index in [2.05, 4.69) is 5.32 Å². The molecule has 1 atom stereocenters. The summed E-state index contributed by atoms with van der Waals surface area (Å²) in [5.41, 5.74) is 2.94. The smallest absolute Gasteiger partial charge is 0.264 e. The molecule has 1 saturated carbocycles. The summed E-state index contributed by atoms with van der Waals surface area (Å²) in [6.45, 7) is 5.10. The molecule has 7 nitrogen and oxygen atoms in total. The first-order valence-corrected chi connectivity index (χ1v) is 15.9. The van der Waals surface area contributed by atoms with Crippen molar-refractivity contribution < 1.29 is 18.0 Å². The van der Waals surface area contributed by atoms with Crippen LogP contribution in [0.2, 0.25) is 5.02 Å². The maximum atomic E-state index is 14.1. The second kappa shape index (κ2) is 13.5. The van der Waals surface area contributed by atoms with Gasteiger partial charge in [-0.3, -0.25) is 13.9 Å². The summed E-state index contributed by atoms with van der Waals surface area (Å²) < 4.78 is 29.0. The van der Waals surface area contributed by atoms with Crippen LogP contribution in [0, 0.1) is 13.8 Å². The first-order valence-electron chi connectivity index (χ1n) is 14.0. The summed E-state index contributed by atoms with van der Waals surface area (Å²) >= 11 is 6.08. The van der Waals surface area contributed by atoms with E-state index in [4.69, 9.17) is 11.6 Å². The molecular formula is C32H38ClN3O4S. The van der Waals surface area contributed by atoms with E-state index in [0.717, 1.165) is 53.1 Å². The molecule has 2 amide bonds. The van der Waals surface area contributed by atoms with Crippen LogP contribution in [0.5, 0.6) is 0 Å². The Morgan fingerprint density at radius 2 is 1.59 bits per heavy atom. The Kier molecular flexibility index (Phi) is 10.1. The van der Waals surface area contributed by atoms with Crippen molar-refractivity contribution in [3.05, 3.63) is 94.5 Å². The van der Waals surface area contributed by atoms with Gasteiger partial charge in [0.15, 0.2) is 0 Å². The van der Waals surface area contributed by atoms with Crippen molar-refractivity contribution in [1.29, 1.82) is 0 Å². The Balaban J connectivity index is 1.67. The van der Waals surface area contributed by atoms with Crippen LogP contribution in [0.15, 0.2) is 77.7 Å². The zero-order valence-electron chi connectivity index (χ0n) is 23.8. The van der Waals surface area contributed by atoms with E-state index < -0.39 is 28.5 Å². The molecule has 1 fully saturated rings. The molecule has 41 heavy (non-hydrogen) atoms. The molecule has 0 bridgehead atoms. The van der Waals surface area contributed by atoms with E-state index in [0.29, 0.717) is 10.7 Å². The van der Waals surface area contributed by atoms with Crippen molar-refractivity contribution >= 4 is 39.1 Å². The number of carbonyl (C=O) groups is 2. The lowest BCUT2D eigenvalue weighted by Gasteiger charge is -2.33. The van der Waals surface area contributed by atoms with Gasteiger partial charge in [0, 0.05) is 17.6 Å². The summed E-state index contributed by atoms with van der Waals surface area (Å²) in [7, 11) is -4.10. The number of benzene rings is 3. The number of sulfonamides is 1. The molecule has 218 valence electrons. The van der Waals surface area contributed by atoms with Gasteiger partial charge in [-0.05, 0) is 81.1 Å². The molecule has 0 spiro atoms. The molecule has 0 radical (unpaired) electrons. The van der Waals surface area contributed by atoms with Crippen molar-refractivity contribution in [2.75, 3.05) is 10.8 Å². The van der Waals surface area contributed by atoms with Crippen LogP contribution in [0.1, 0.15) is 55.7 Å². The van der Waals surface area contributed by atoms with Crippen molar-refractivity contribution in [3.8, 4) is 0 Å². The van der Waals surface area contributed by atoms with Gasteiger partial charge in [-0.25, -0.2) is 8.42 Å². The number of amides is 2. The summed E-state index contributed by atoms with van der Waals surface area (Å²) in [5, 5.41) is 3.68. The van der Waals surface area contributed by atoms with Gasteiger partial charge in [-0.2, -0.15) is 0 Å². The highest BCUT2D eigenvalue weighted by Crippen LogP contribution is 2.26. The van der Waals surface area contributed by atoms with Gasteiger partial charge in [-0.1, -0.05) is 72.8 Å². The second-order valence-electron chi connectivity index (χ2n) is 10.8. The van der Waals surface area contributed by atoms with Crippen LogP contribution < -0.4 is 9.62 Å². The molecule has 3 aromatic rings. The number of hydrogen-bond donors (Lipinski definition) is 1. The highest BCUT2D eigenvalue weighted by atomic mass is 35.5. The van der Waals surface area contributed by atoms with E-state index in [-0.39, 0.29) is 23.4 Å². The van der Waals surface area contributed by atoms with Crippen LogP contribution in [-0.4, -0.2) is 43.8 Å². The monoisotopic (exact) mass is 595 g/mol. The van der Waals surface area contributed by atoms with Crippen molar-refractivity contribution in [1.82, 2.24) is 10.2 Å². The predicted molar refractivity (Wildman–Crippen MR) is 163 cm³/mol. The van der Waals surface area contributed by atoms with Crippen molar-refractivity contribution in [3.63, 3.8) is 0 Å². The number of halogens is 1. The second-order valence-corrected chi connectivity index (χ2v) is 13.1. The lowest BCUT2D eigenvalue weighted by atomic mass is 9.95. The largest absolute Gasteiger partial charge is 0.352 e. The average Bonchev–Trinajstić information content (AvgIpc) is 2.95. The minimum Gasteiger partial charge on any atom is -0.352 e. The summed E-state index contributed by atoms with van der Waals surface area (Å²) in [4.78, 5) is 29.0. The number of nitrogens with one attached hydrogen (secondary N) is 1. The molecule has 0 unspecified atom stereocenters. The third-order valence-electron chi connectivity index (χ3n) is 7.56. The first kappa shape index (κ1) is 30.6. The summed E-state index contributed by atoms with van der Waals surface area (Å²) in [5.74, 6) is -0.730. The molecule has 1 N–H and O–H groups in total. The molecule has 0 aromatic heterocycles. The fourth-order valence-electron chi connectivity index (χ4n) is 5.09. The Morgan fingerprint density at radius 1 is 0.927 bits per heavy atom. The lowest BCUT2D eigenvalue weighted by molar-refractivity contribution is -0.139. The highest BCUT2D eigenvalue weighted by Gasteiger charge is 2.33. The maximum Gasteiger partial charge on any atom is 0.264 e. The molecule has 1 aliphatic rings. The molecule has 4 rings (SSSR count). The number of carbonyl (C=O) groups excluding carboxylic acids is 2. The van der Waals surface area contributed by atoms with Gasteiger partial charge in [0.1, 0.15) is 12.6 Å². The first-order chi connectivity index (χ1) is 19.5. The number of hydrogen-bond acceptors (Lipinski definition) is 4. The van der Waals surface area contributed by atoms with Gasteiger partial charge >= 0.3 is 0 Å². The topological polar surface area (TPSA) is 86.8 Å². The average molecular weight is 596 g/mol. The van der Waals surface area contributed by atoms with Gasteiger partial charge in [0.05, 0.1) is 10.6 Å². The minimum atomic E-state index is -4.10. The molecule has 9 heteroatoms. The standard InChI is InChI=1S/C32H38ClN3O4S/c1-23-12-18-30(19-13-23)41(39,40)36(29-11-7-8-24(2)20-29)22-31(37)35(21-26-14-16-27(33)17-15-26)25(3)32(38)34-28-9-5-4-6-10-28/h7-8,11-20,25,28H,4-6,9-10,21-22H2,1-3H3,(H,34,38)/t25-/m1/s1. The lowest BCUT2D eigenvalue weighted by Crippen LogP contribution is -2.53. The molecule has 0 saturated heterocycles. The van der Waals surface area contributed by atoms with E-state index in [1.54, 1.807) is 73.7 Å². The van der Waals surface area contributed by atoms with E-state index in [1.165, 1.54) is 4.90 Å². The predicted octanol–water partition coefficient (Wildman–Crippen LogP) is 6.02. The molecule has 0 aliphatic heterocycles. The Bertz CT molecular complexity index is 1450. The van der Waals surface area contributed by atoms with Crippen molar-refractivity contribution in [2.45, 2.75) is 76.4 Å². The summed E-state index contributed by atoms with van der Waals surface area (Å²) in [6.07, 6.45) is 5.12. The van der Waals surface area contributed by atoms with Gasteiger partial charge in [0.2, 0.25) is 11.8 Å². The number of aryl methyl sites for hydroxylation is 2. The minimum absolute atomic E-state index is 0.0805. The summed E-state index contributed by atoms with van der Waals surface area (Å²) in [6, 6.07) is 19.9. The normalized spacial score (nSPS) is 14.7. The quantitative estimate of drug-likeness (QED) is 0.311. The SMILES string of the molecule is Cc1ccc(S(=O)(=O)N(CC(=O)N(Cc2ccc(Cl)cc2)[C@H](C)C(=O)NC2CCCCC2)c2cccc(C)c2)cc1. The fourth-order valence-corrected chi connectivity index (χ4v) is 6.62. The van der Waals surface area contributed by atoms with Crippen LogP contribution in [-0.2, 0) is 26.2 Å². The van der Waals surface area contributed by atoms with Crippen LogP contribution in [0.25, 0.3) is 0 Å². The number of nitrogens with zero attached hydrogens (tertiary/aromatic N) is 2. The van der Waals surface area contributed by atoms with Crippen molar-refractivity contribution in [2.24, 2.45) is 0 Å². The molecule has 3 aromatic carbocycles. The fraction of sp³-hybridized carbons (Fsp3) is 0.375. The Morgan fingerprint density at radius 3 is 2.22 bits per heavy atom. The van der Waals surface area contributed by atoms with Gasteiger partial charge < -0.3 is 10.2 Å². The zero-order valence-corrected chi connectivity index (χ0v) is 25.4. The van der Waals surface area contributed by atoms with Crippen LogP contribution >= 0.6 is 11.6 Å². The Labute approximate surface area is 248 Å². The highest BCUT2D eigenvalue weighted by molar-refractivity contribution is 7.92. The Hall–Kier alpha value is -3.36. The maximum absolute atomic E-state index is 14.1. The number of anilines is 1. The zero-order chi connectivity index (χ0) is 29.6. The van der Waals surface area contributed by atoms with E-state index >= 15 is 0 Å². The molecule has 0 heterocycles. The molecule has 1 aliphatic carbocycles. The van der Waals surface area contributed by atoms with E-state index in [9.17, 15) is 18.0 Å².